The first-order chi connectivity index (χ1) is 8.28. The fraction of sp³-hybridized carbons (Fsp3) is 0.571. The molecule has 1 aliphatic rings. The number of aliphatic hydroxyl groups is 1. The Bertz CT molecular complexity index is 328. The van der Waals surface area contributed by atoms with Crippen molar-refractivity contribution < 1.29 is 5.11 Å². The Morgan fingerprint density at radius 1 is 1.29 bits per heavy atom. The highest BCUT2D eigenvalue weighted by Gasteiger charge is 2.23. The maximum Gasteiger partial charge on any atom is 0.0587 e. The summed E-state index contributed by atoms with van der Waals surface area (Å²) in [4.78, 5) is 0. The molecule has 3 heteroatoms. The van der Waals surface area contributed by atoms with Crippen LogP contribution in [0.4, 0.5) is 0 Å². The lowest BCUT2D eigenvalue weighted by molar-refractivity contribution is 0.230. The SMILES string of the molecule is NC1CCC(NC(CO)Cc2ccccc2)C1. The average molecular weight is 234 g/mol. The third-order valence-corrected chi connectivity index (χ3v) is 3.49. The molecule has 0 amide bonds. The van der Waals surface area contributed by atoms with Crippen LogP contribution in [0.3, 0.4) is 0 Å². The molecule has 0 aliphatic heterocycles. The number of nitrogens with two attached hydrogens (primary N) is 1. The van der Waals surface area contributed by atoms with Crippen LogP contribution in [0.1, 0.15) is 24.8 Å². The highest BCUT2D eigenvalue weighted by molar-refractivity contribution is 5.16. The Morgan fingerprint density at radius 2 is 2.06 bits per heavy atom. The molecule has 0 bridgehead atoms. The topological polar surface area (TPSA) is 58.3 Å². The molecule has 0 aromatic heterocycles. The number of hydrogen-bond donors (Lipinski definition) is 3. The minimum Gasteiger partial charge on any atom is -0.395 e. The molecule has 17 heavy (non-hydrogen) atoms. The largest absolute Gasteiger partial charge is 0.395 e. The number of hydrogen-bond acceptors (Lipinski definition) is 3. The monoisotopic (exact) mass is 234 g/mol. The first kappa shape index (κ1) is 12.6. The van der Waals surface area contributed by atoms with E-state index in [1.807, 2.05) is 18.2 Å². The number of aliphatic hydroxyl groups excluding tert-OH is 1. The number of nitrogens with one attached hydrogen (secondary N) is 1. The lowest BCUT2D eigenvalue weighted by atomic mass is 10.1. The third kappa shape index (κ3) is 3.80. The van der Waals surface area contributed by atoms with Crippen LogP contribution in [-0.2, 0) is 6.42 Å². The summed E-state index contributed by atoms with van der Waals surface area (Å²) in [5, 5.41) is 12.9. The molecule has 0 heterocycles. The van der Waals surface area contributed by atoms with Crippen LogP contribution in [0.5, 0.6) is 0 Å². The van der Waals surface area contributed by atoms with Crippen LogP contribution in [-0.4, -0.2) is 29.8 Å². The standard InChI is InChI=1S/C14H22N2O/c15-12-6-7-13(9-12)16-14(10-17)8-11-4-2-1-3-5-11/h1-5,12-14,16-17H,6-10,15H2. The minimum absolute atomic E-state index is 0.146. The quantitative estimate of drug-likeness (QED) is 0.714. The van der Waals surface area contributed by atoms with E-state index >= 15 is 0 Å². The van der Waals surface area contributed by atoms with Gasteiger partial charge in [-0.15, -0.1) is 0 Å². The Labute approximate surface area is 103 Å². The molecule has 3 nitrogen and oxygen atoms in total. The molecule has 1 fully saturated rings. The maximum absolute atomic E-state index is 9.42. The fourth-order valence-electron chi connectivity index (χ4n) is 2.58. The zero-order valence-electron chi connectivity index (χ0n) is 10.2. The predicted molar refractivity (Wildman–Crippen MR) is 69.8 cm³/mol. The molecule has 2 rings (SSSR count). The average Bonchev–Trinajstić information content (AvgIpc) is 2.75. The van der Waals surface area contributed by atoms with Gasteiger partial charge in [0.25, 0.3) is 0 Å². The van der Waals surface area contributed by atoms with Crippen molar-refractivity contribution in [2.24, 2.45) is 5.73 Å². The van der Waals surface area contributed by atoms with Crippen LogP contribution in [0, 0.1) is 0 Å². The van der Waals surface area contributed by atoms with Gasteiger partial charge in [0.05, 0.1) is 6.61 Å². The molecule has 0 saturated heterocycles. The van der Waals surface area contributed by atoms with Crippen molar-refractivity contribution in [1.29, 1.82) is 0 Å². The minimum atomic E-state index is 0.146. The molecule has 3 unspecified atom stereocenters. The summed E-state index contributed by atoms with van der Waals surface area (Å²) >= 11 is 0. The van der Waals surface area contributed by atoms with E-state index in [1.165, 1.54) is 5.56 Å². The van der Waals surface area contributed by atoms with Crippen molar-refractivity contribution in [3.8, 4) is 0 Å². The molecule has 1 aromatic rings. The molecule has 94 valence electrons. The fourth-order valence-corrected chi connectivity index (χ4v) is 2.58. The van der Waals surface area contributed by atoms with Gasteiger partial charge in [-0.1, -0.05) is 30.3 Å². The summed E-state index contributed by atoms with van der Waals surface area (Å²) in [6, 6.07) is 11.3. The second kappa shape index (κ2) is 6.15. The molecular weight excluding hydrogens is 212 g/mol. The van der Waals surface area contributed by atoms with Gasteiger partial charge in [0.15, 0.2) is 0 Å². The van der Waals surface area contributed by atoms with Crippen molar-refractivity contribution in [2.75, 3.05) is 6.61 Å². The predicted octanol–water partition coefficient (Wildman–Crippen LogP) is 1.06. The number of rotatable bonds is 5. The molecule has 1 aromatic carbocycles. The van der Waals surface area contributed by atoms with E-state index in [9.17, 15) is 5.11 Å². The van der Waals surface area contributed by atoms with E-state index < -0.39 is 0 Å². The molecule has 1 saturated carbocycles. The smallest absolute Gasteiger partial charge is 0.0587 e. The van der Waals surface area contributed by atoms with Crippen LogP contribution < -0.4 is 11.1 Å². The lowest BCUT2D eigenvalue weighted by Gasteiger charge is -2.21. The van der Waals surface area contributed by atoms with Crippen molar-refractivity contribution >= 4 is 0 Å². The molecule has 4 N–H and O–H groups in total. The summed E-state index contributed by atoms with van der Waals surface area (Å²) < 4.78 is 0. The molecule has 0 spiro atoms. The van der Waals surface area contributed by atoms with Crippen molar-refractivity contribution in [2.45, 2.75) is 43.8 Å². The van der Waals surface area contributed by atoms with Crippen molar-refractivity contribution in [3.05, 3.63) is 35.9 Å². The highest BCUT2D eigenvalue weighted by atomic mass is 16.3. The zero-order chi connectivity index (χ0) is 12.1. The summed E-state index contributed by atoms with van der Waals surface area (Å²) in [6.45, 7) is 0.181. The Hall–Kier alpha value is -0.900. The van der Waals surface area contributed by atoms with E-state index in [0.29, 0.717) is 12.1 Å². The van der Waals surface area contributed by atoms with Gasteiger partial charge in [0.1, 0.15) is 0 Å². The Kier molecular flexibility index (Phi) is 4.54. The normalized spacial score (nSPS) is 26.0. The summed E-state index contributed by atoms with van der Waals surface area (Å²) in [6.07, 6.45) is 4.14. The van der Waals surface area contributed by atoms with Crippen molar-refractivity contribution in [3.63, 3.8) is 0 Å². The molecule has 0 radical (unpaired) electrons. The van der Waals surface area contributed by atoms with Gasteiger partial charge in [-0.2, -0.15) is 0 Å². The van der Waals surface area contributed by atoms with Gasteiger partial charge in [0, 0.05) is 18.1 Å². The third-order valence-electron chi connectivity index (χ3n) is 3.49. The van der Waals surface area contributed by atoms with E-state index in [0.717, 1.165) is 25.7 Å². The first-order valence-electron chi connectivity index (χ1n) is 6.44. The maximum atomic E-state index is 9.42. The van der Waals surface area contributed by atoms with E-state index in [1.54, 1.807) is 0 Å². The highest BCUT2D eigenvalue weighted by Crippen LogP contribution is 2.18. The summed E-state index contributed by atoms with van der Waals surface area (Å²) in [5.41, 5.74) is 7.16. The van der Waals surface area contributed by atoms with E-state index in [2.05, 4.69) is 17.4 Å². The van der Waals surface area contributed by atoms with Gasteiger partial charge in [-0.05, 0) is 31.2 Å². The van der Waals surface area contributed by atoms with Crippen LogP contribution in [0.2, 0.25) is 0 Å². The van der Waals surface area contributed by atoms with Gasteiger partial charge in [0.2, 0.25) is 0 Å². The lowest BCUT2D eigenvalue weighted by Crippen LogP contribution is -2.41. The Balaban J connectivity index is 1.85. The molecular formula is C14H22N2O. The van der Waals surface area contributed by atoms with Gasteiger partial charge in [-0.25, -0.2) is 0 Å². The second-order valence-electron chi connectivity index (χ2n) is 5.01. The Morgan fingerprint density at radius 3 is 2.65 bits per heavy atom. The second-order valence-corrected chi connectivity index (χ2v) is 5.01. The summed E-state index contributed by atoms with van der Waals surface area (Å²) in [5.74, 6) is 0. The summed E-state index contributed by atoms with van der Waals surface area (Å²) in [7, 11) is 0. The van der Waals surface area contributed by atoms with E-state index in [-0.39, 0.29) is 12.6 Å². The first-order valence-corrected chi connectivity index (χ1v) is 6.44. The van der Waals surface area contributed by atoms with Crippen molar-refractivity contribution in [1.82, 2.24) is 5.32 Å². The van der Waals surface area contributed by atoms with Crippen LogP contribution in [0.25, 0.3) is 0 Å². The van der Waals surface area contributed by atoms with Crippen LogP contribution >= 0.6 is 0 Å². The molecule has 1 aliphatic carbocycles. The zero-order valence-corrected chi connectivity index (χ0v) is 10.2. The van der Waals surface area contributed by atoms with Crippen LogP contribution in [0.15, 0.2) is 30.3 Å². The molecule has 3 atom stereocenters. The van der Waals surface area contributed by atoms with E-state index in [4.69, 9.17) is 5.73 Å². The van der Waals surface area contributed by atoms with Gasteiger partial charge < -0.3 is 16.2 Å². The number of benzene rings is 1. The van der Waals surface area contributed by atoms with Gasteiger partial charge >= 0.3 is 0 Å². The van der Waals surface area contributed by atoms with Gasteiger partial charge in [-0.3, -0.25) is 0 Å².